The van der Waals surface area contributed by atoms with E-state index in [-0.39, 0.29) is 54.7 Å². The zero-order valence-electron chi connectivity index (χ0n) is 53.6. The number of Topliss-reactive ketones (excluding diaryl/α,β-unsaturated/α-hetero) is 2. The van der Waals surface area contributed by atoms with E-state index >= 15 is 0 Å². The lowest BCUT2D eigenvalue weighted by atomic mass is 9.78. The number of cyclic esters (lactones) is 2. The van der Waals surface area contributed by atoms with Gasteiger partial charge in [0.05, 0.1) is 46.5 Å². The van der Waals surface area contributed by atoms with E-state index in [1.165, 1.54) is 10.0 Å². The molecule has 5 N–H and O–H groups in total. The number of carbonyl (C=O) groups is 8. The molecule has 20 nitrogen and oxygen atoms in total. The van der Waals surface area contributed by atoms with Gasteiger partial charge in [0.2, 0.25) is 11.8 Å². The van der Waals surface area contributed by atoms with E-state index in [0.717, 1.165) is 33.5 Å². The minimum Gasteiger partial charge on any atom is -0.455 e. The molecule has 10 atom stereocenters. The van der Waals surface area contributed by atoms with Crippen molar-refractivity contribution in [1.29, 1.82) is 0 Å². The third kappa shape index (κ3) is 17.6. The number of hydrogen-bond acceptors (Lipinski definition) is 16. The zero-order valence-corrected chi connectivity index (χ0v) is 54.6. The largest absolute Gasteiger partial charge is 0.455 e. The standard InChI is InChI=1S/C36H52N4O6Si.C31H40N4O6/c1-23(2)28-21-32(41)36(5,22-45-18-19-47(6,7)8)16-15-26-11-12-27-13-14-29(38-31(27)20-26)25(4)46-35(44)30-10-9-17-40(39-30)34(43)24(3)37-33(28)42;1-18(2)23-16-27(37)31(5,17-36)13-12-21-8-9-22-10-11-24(33-26(22)15-21)20(4)41-30(40)25-7-6-14-35(34-25)29(39)19(3)32-28(23)38/h11-16,20,23-25,28,30,39H,9-10,17-19,21-22H2,1-8H3,(H,37,42);8-13,15,18-20,23,25,34,36H,6-7,14,16-17H2,1-5H3,(H,32,38)/b16-15+;13-12+/t24-,25+,28-,30-,36-;19-,20+,23-,25-,31-/m00/s1. The van der Waals surface area contributed by atoms with Crippen molar-refractivity contribution in [2.45, 2.75) is 170 Å². The number of aromatic nitrogens is 2. The first kappa shape index (κ1) is 68.4. The molecule has 4 aliphatic heterocycles. The smallest absolute Gasteiger partial charge is 0.325 e. The van der Waals surface area contributed by atoms with Crippen LogP contribution in [0.3, 0.4) is 0 Å². The minimum absolute atomic E-state index is 0.000958. The number of hydrogen-bond donors (Lipinski definition) is 5. The number of rotatable bonds is 8. The van der Waals surface area contributed by atoms with Crippen molar-refractivity contribution >= 4 is 89.2 Å². The van der Waals surface area contributed by atoms with Crippen molar-refractivity contribution < 1.29 is 57.7 Å². The number of ether oxygens (including phenoxy) is 3. The highest BCUT2D eigenvalue weighted by Crippen LogP contribution is 2.32. The Balaban J connectivity index is 0.000000253. The van der Waals surface area contributed by atoms with Gasteiger partial charge in [0.1, 0.15) is 47.9 Å². The van der Waals surface area contributed by atoms with Gasteiger partial charge < -0.3 is 30.0 Å². The molecule has 4 aromatic rings. The van der Waals surface area contributed by atoms with Crippen LogP contribution in [-0.4, -0.2) is 137 Å². The van der Waals surface area contributed by atoms with Crippen LogP contribution in [0.15, 0.2) is 72.8 Å². The third-order valence-corrected chi connectivity index (χ3v) is 18.9. The van der Waals surface area contributed by atoms with Gasteiger partial charge in [-0.05, 0) is 120 Å². The van der Waals surface area contributed by atoms with Crippen LogP contribution in [0, 0.1) is 34.5 Å². The Morgan fingerprint density at radius 3 is 1.44 bits per heavy atom. The molecule has 6 heterocycles. The molecule has 0 saturated carbocycles. The van der Waals surface area contributed by atoms with Crippen LogP contribution < -0.4 is 21.5 Å². The summed E-state index contributed by atoms with van der Waals surface area (Å²) in [5.74, 6) is -4.56. The van der Waals surface area contributed by atoms with Crippen molar-refractivity contribution in [3.8, 4) is 0 Å². The van der Waals surface area contributed by atoms with Crippen molar-refractivity contribution in [3.63, 3.8) is 0 Å². The van der Waals surface area contributed by atoms with Gasteiger partial charge in [0.25, 0.3) is 11.8 Å². The number of nitrogens with one attached hydrogen (secondary N) is 4. The third-order valence-electron chi connectivity index (χ3n) is 17.2. The van der Waals surface area contributed by atoms with E-state index in [0.29, 0.717) is 62.3 Å². The van der Waals surface area contributed by atoms with E-state index in [1.54, 1.807) is 46.8 Å². The molecular formula is C67H92N8O12Si. The van der Waals surface area contributed by atoms with E-state index in [4.69, 9.17) is 24.2 Å². The van der Waals surface area contributed by atoms with Gasteiger partial charge in [-0.25, -0.2) is 20.8 Å². The van der Waals surface area contributed by atoms with Gasteiger partial charge in [0, 0.05) is 63.2 Å². The Morgan fingerprint density at radius 1 is 0.625 bits per heavy atom. The maximum absolute atomic E-state index is 14.1. The molecule has 4 aliphatic rings. The van der Waals surface area contributed by atoms with Gasteiger partial charge in [0.15, 0.2) is 0 Å². The number of aliphatic hydroxyl groups is 1. The van der Waals surface area contributed by atoms with Gasteiger partial charge in [-0.2, -0.15) is 0 Å². The topological polar surface area (TPSA) is 265 Å². The van der Waals surface area contributed by atoms with Gasteiger partial charge in [-0.3, -0.25) is 48.4 Å². The molecule has 476 valence electrons. The van der Waals surface area contributed by atoms with Crippen LogP contribution in [0.4, 0.5) is 0 Å². The first-order valence-corrected chi connectivity index (χ1v) is 34.8. The lowest BCUT2D eigenvalue weighted by Crippen LogP contribution is -2.59. The molecule has 0 spiro atoms. The summed E-state index contributed by atoms with van der Waals surface area (Å²) in [7, 11) is -1.34. The summed E-state index contributed by atoms with van der Waals surface area (Å²) >= 11 is 0. The van der Waals surface area contributed by atoms with E-state index < -0.39 is 97.5 Å². The van der Waals surface area contributed by atoms with Crippen LogP contribution in [-0.2, 0) is 52.6 Å². The fourth-order valence-electron chi connectivity index (χ4n) is 10.9. The highest BCUT2D eigenvalue weighted by atomic mass is 28.3. The first-order chi connectivity index (χ1) is 41.5. The molecule has 0 unspecified atom stereocenters. The number of nitrogens with zero attached hydrogens (tertiary/aromatic N) is 4. The molecule has 21 heteroatoms. The van der Waals surface area contributed by atoms with E-state index in [2.05, 4.69) is 41.1 Å². The van der Waals surface area contributed by atoms with Crippen LogP contribution >= 0.6 is 0 Å². The molecule has 2 fully saturated rings. The molecule has 0 aliphatic carbocycles. The summed E-state index contributed by atoms with van der Waals surface area (Å²) < 4.78 is 17.7. The lowest BCUT2D eigenvalue weighted by Gasteiger charge is -2.35. The predicted octanol–water partition coefficient (Wildman–Crippen LogP) is 8.55. The highest BCUT2D eigenvalue weighted by Gasteiger charge is 2.40. The Morgan fingerprint density at radius 2 is 1.03 bits per heavy atom. The molecule has 0 radical (unpaired) electrons. The molecule has 2 aromatic heterocycles. The fourth-order valence-corrected chi connectivity index (χ4v) is 11.6. The summed E-state index contributed by atoms with van der Waals surface area (Å²) in [5, 5.41) is 20.4. The molecule has 2 saturated heterocycles. The number of esters is 2. The predicted molar refractivity (Wildman–Crippen MR) is 340 cm³/mol. The van der Waals surface area contributed by atoms with Crippen molar-refractivity contribution in [2.24, 2.45) is 34.5 Å². The van der Waals surface area contributed by atoms with Gasteiger partial charge in [-0.15, -0.1) is 0 Å². The summed E-state index contributed by atoms with van der Waals surface area (Å²) in [6, 6.07) is 16.9. The summed E-state index contributed by atoms with van der Waals surface area (Å²) in [6.07, 6.45) is 8.05. The van der Waals surface area contributed by atoms with Crippen molar-refractivity contribution in [2.75, 3.05) is 32.9 Å². The second kappa shape index (κ2) is 29.5. The quantitative estimate of drug-likeness (QED) is 0.0628. The lowest BCUT2D eigenvalue weighted by molar-refractivity contribution is -0.158. The second-order valence-electron chi connectivity index (χ2n) is 26.6. The van der Waals surface area contributed by atoms with Crippen molar-refractivity contribution in [1.82, 2.24) is 41.5 Å². The first-order valence-electron chi connectivity index (χ1n) is 31.1. The Kier molecular flexibility index (Phi) is 23.0. The van der Waals surface area contributed by atoms with E-state index in [9.17, 15) is 43.5 Å². The van der Waals surface area contributed by atoms with Crippen LogP contribution in [0.25, 0.3) is 34.0 Å². The number of carbonyl (C=O) groups excluding carboxylic acids is 8. The number of benzene rings is 2. The highest BCUT2D eigenvalue weighted by molar-refractivity contribution is 6.76. The average Bonchev–Trinajstić information content (AvgIpc) is 3.66. The SMILES string of the molecule is CC(C)[C@@H]1CC(=O)[C@](C)(CO)/C=C/c2ccc3ccc(nc3c2)[C@@H](C)OC(=O)[C@@H]2CCCN(N2)C(=O)[C@H](C)NC1=O.CC(C)[C@@H]1CC(=O)[C@](C)(COCC[Si](C)(C)C)/C=C/c2ccc3ccc(nc3c2)[C@@H](C)OC(=O)[C@@H]2CCCN(N2)C(=O)[C@H](C)NC1=O. The Hall–Kier alpha value is -7.04. The number of fused-ring (bicyclic) bond motifs is 8. The number of aliphatic hydroxyl groups excluding tert-OH is 1. The monoisotopic (exact) mass is 1230 g/mol. The zero-order chi connectivity index (χ0) is 64.4. The number of amides is 4. The average molecular weight is 1230 g/mol. The van der Waals surface area contributed by atoms with Gasteiger partial charge in [-0.1, -0.05) is 108 Å². The second-order valence-corrected chi connectivity index (χ2v) is 32.2. The molecular weight excluding hydrogens is 1140 g/mol. The Bertz CT molecular complexity index is 3290. The minimum atomic E-state index is -1.34. The normalized spacial score (nSPS) is 28.4. The summed E-state index contributed by atoms with van der Waals surface area (Å²) in [5.41, 5.74) is 8.01. The fraction of sp³-hybridized carbons (Fsp3) is 0.552. The number of pyridine rings is 2. The van der Waals surface area contributed by atoms with Crippen LogP contribution in [0.2, 0.25) is 25.7 Å². The summed E-state index contributed by atoms with van der Waals surface area (Å²) in [4.78, 5) is 117. The summed E-state index contributed by atoms with van der Waals surface area (Å²) in [6.45, 7) is 25.7. The Labute approximate surface area is 518 Å². The van der Waals surface area contributed by atoms with Crippen LogP contribution in [0.5, 0.6) is 0 Å². The molecule has 4 amide bonds. The number of ketones is 2. The molecule has 2 aromatic carbocycles. The van der Waals surface area contributed by atoms with E-state index in [1.807, 2.05) is 107 Å². The van der Waals surface area contributed by atoms with Crippen LogP contribution in [0.1, 0.15) is 142 Å². The number of hydrazine groups is 2. The molecule has 10 bridgehead atoms. The molecule has 88 heavy (non-hydrogen) atoms. The maximum atomic E-state index is 14.1. The maximum Gasteiger partial charge on any atom is 0.325 e. The van der Waals surface area contributed by atoms with Gasteiger partial charge >= 0.3 is 11.9 Å². The molecule has 8 rings (SSSR count). The van der Waals surface area contributed by atoms with Crippen molar-refractivity contribution in [3.05, 3.63) is 95.3 Å².